The van der Waals surface area contributed by atoms with Crippen LogP contribution in [0.3, 0.4) is 0 Å². The van der Waals surface area contributed by atoms with E-state index in [4.69, 9.17) is 33.1 Å². The van der Waals surface area contributed by atoms with Gasteiger partial charge in [-0.25, -0.2) is 9.98 Å². The van der Waals surface area contributed by atoms with Gasteiger partial charge in [-0.05, 0) is 22.0 Å². The van der Waals surface area contributed by atoms with Crippen molar-refractivity contribution >= 4 is 50.8 Å². The number of aliphatic imine (C=N–C) groups is 1. The molecular weight excluding hydrogens is 452 g/mol. The van der Waals surface area contributed by atoms with Gasteiger partial charge in [-0.1, -0.05) is 11.6 Å². The first-order valence-corrected chi connectivity index (χ1v) is 8.74. The van der Waals surface area contributed by atoms with E-state index in [0.29, 0.717) is 15.6 Å². The summed E-state index contributed by atoms with van der Waals surface area (Å²) in [5.74, 6) is 0.0988. The summed E-state index contributed by atoms with van der Waals surface area (Å²) in [6, 6.07) is 2.60. The maximum absolute atomic E-state index is 10.1. The van der Waals surface area contributed by atoms with Gasteiger partial charge in [0.2, 0.25) is 5.96 Å². The number of nitriles is 2. The van der Waals surface area contributed by atoms with Crippen molar-refractivity contribution in [2.24, 2.45) is 4.99 Å². The third-order valence-corrected chi connectivity index (χ3v) is 5.50. The van der Waals surface area contributed by atoms with Crippen LogP contribution in [0.25, 0.3) is 0 Å². The number of aromatic nitrogens is 1. The molecule has 0 radical (unpaired) electrons. The minimum atomic E-state index is -0.839. The van der Waals surface area contributed by atoms with Crippen molar-refractivity contribution in [2.75, 3.05) is 23.9 Å². The number of halogens is 2. The quantitative estimate of drug-likeness (QED) is 0.329. The molecule has 0 aliphatic carbocycles. The number of guanidine groups is 1. The van der Waals surface area contributed by atoms with Crippen molar-refractivity contribution in [3.63, 3.8) is 0 Å². The van der Waals surface area contributed by atoms with Crippen LogP contribution >= 0.6 is 27.5 Å². The number of aromatic hydroxyl groups is 1. The van der Waals surface area contributed by atoms with Crippen molar-refractivity contribution in [3.05, 3.63) is 32.3 Å². The number of nitrogens with one attached hydrogen (secondary N) is 2. The maximum atomic E-state index is 10.1. The number of methoxy groups -OCH3 is 1. The fraction of sp³-hybridized carbons (Fsp3) is 0.125. The van der Waals surface area contributed by atoms with Crippen LogP contribution in [0.4, 0.5) is 17.3 Å². The van der Waals surface area contributed by atoms with E-state index in [-0.39, 0.29) is 45.4 Å². The first kappa shape index (κ1) is 19.4. The maximum Gasteiger partial charge on any atom is 0.211 e. The second kappa shape index (κ2) is 7.31. The molecule has 0 saturated heterocycles. The van der Waals surface area contributed by atoms with Crippen LogP contribution in [-0.4, -0.2) is 23.2 Å². The van der Waals surface area contributed by atoms with Gasteiger partial charge in [0, 0.05) is 15.6 Å². The molecule has 12 heteroatoms. The normalized spacial score (nSPS) is 14.8. The SMILES string of the molecule is COc1cc(C2N=C(NC#N)Nc3nc(N)c(C#N)c(N)c32)c(Br)c(Cl)c1O. The molecule has 1 unspecified atom stereocenters. The topological polar surface area (TPSA) is 178 Å². The van der Waals surface area contributed by atoms with E-state index >= 15 is 0 Å². The standard InChI is InChI=1S/C16H12BrClN8O2/c1-28-7-2-5(9(17)10(18)13(7)27)12-8-11(21)6(3-19)14(22)25-15(8)26-16(24-12)23-4-20/h2,12,27H,1H3,(H6,21,22,23,24,25,26). The van der Waals surface area contributed by atoms with Crippen molar-refractivity contribution in [2.45, 2.75) is 6.04 Å². The van der Waals surface area contributed by atoms with E-state index in [9.17, 15) is 10.4 Å². The Hall–Kier alpha value is -3.41. The molecule has 2 aromatic rings. The highest BCUT2D eigenvalue weighted by atomic mass is 79.9. The lowest BCUT2D eigenvalue weighted by molar-refractivity contribution is 0.372. The Bertz CT molecular complexity index is 1110. The lowest BCUT2D eigenvalue weighted by Gasteiger charge is -2.27. The van der Waals surface area contributed by atoms with E-state index in [0.717, 1.165) is 0 Å². The number of nitrogen functional groups attached to an aromatic ring is 2. The number of phenols is 1. The molecule has 1 aromatic carbocycles. The molecule has 0 spiro atoms. The van der Waals surface area contributed by atoms with Crippen LogP contribution < -0.4 is 26.8 Å². The Morgan fingerprint density at radius 2 is 2.14 bits per heavy atom. The zero-order chi connectivity index (χ0) is 20.6. The molecule has 3 rings (SSSR count). The van der Waals surface area contributed by atoms with Crippen molar-refractivity contribution in [1.82, 2.24) is 10.3 Å². The van der Waals surface area contributed by atoms with Gasteiger partial charge >= 0.3 is 0 Å². The Morgan fingerprint density at radius 1 is 1.43 bits per heavy atom. The number of hydrogen-bond acceptors (Lipinski definition) is 10. The van der Waals surface area contributed by atoms with Crippen LogP contribution in [0, 0.1) is 22.8 Å². The highest BCUT2D eigenvalue weighted by Gasteiger charge is 2.32. The molecule has 1 aliphatic heterocycles. The second-order valence-electron chi connectivity index (χ2n) is 5.55. The minimum absolute atomic E-state index is 0.00177. The molecule has 142 valence electrons. The fourth-order valence-corrected chi connectivity index (χ4v) is 3.49. The Morgan fingerprint density at radius 3 is 2.75 bits per heavy atom. The lowest BCUT2D eigenvalue weighted by Crippen LogP contribution is -2.32. The summed E-state index contributed by atoms with van der Waals surface area (Å²) in [6.45, 7) is 0. The highest BCUT2D eigenvalue weighted by molar-refractivity contribution is 9.10. The van der Waals surface area contributed by atoms with Gasteiger partial charge in [0.1, 0.15) is 34.3 Å². The molecule has 0 amide bonds. The number of benzene rings is 1. The van der Waals surface area contributed by atoms with Gasteiger partial charge in [0.15, 0.2) is 17.7 Å². The third kappa shape index (κ3) is 2.97. The summed E-state index contributed by atoms with van der Waals surface area (Å²) in [5.41, 5.74) is 12.9. The smallest absolute Gasteiger partial charge is 0.211 e. The van der Waals surface area contributed by atoms with Gasteiger partial charge < -0.3 is 26.6 Å². The van der Waals surface area contributed by atoms with Crippen LogP contribution in [0.2, 0.25) is 5.02 Å². The fourth-order valence-electron chi connectivity index (χ4n) is 2.77. The van der Waals surface area contributed by atoms with Gasteiger partial charge in [-0.2, -0.15) is 10.5 Å². The summed E-state index contributed by atoms with van der Waals surface area (Å²) in [5, 5.41) is 33.6. The highest BCUT2D eigenvalue weighted by Crippen LogP contribution is 2.48. The molecule has 28 heavy (non-hydrogen) atoms. The zero-order valence-corrected chi connectivity index (χ0v) is 16.6. The largest absolute Gasteiger partial charge is 0.503 e. The number of hydrogen-bond donors (Lipinski definition) is 5. The summed E-state index contributed by atoms with van der Waals surface area (Å²) < 4.78 is 5.50. The molecule has 0 fully saturated rings. The molecule has 1 aliphatic rings. The number of pyridine rings is 1. The van der Waals surface area contributed by atoms with Crippen molar-refractivity contribution in [1.29, 1.82) is 10.5 Å². The predicted molar refractivity (Wildman–Crippen MR) is 107 cm³/mol. The first-order chi connectivity index (χ1) is 13.3. The number of ether oxygens (including phenoxy) is 1. The lowest BCUT2D eigenvalue weighted by atomic mass is 9.95. The molecule has 2 heterocycles. The van der Waals surface area contributed by atoms with E-state index in [1.807, 2.05) is 6.07 Å². The minimum Gasteiger partial charge on any atom is -0.503 e. The van der Waals surface area contributed by atoms with E-state index in [1.165, 1.54) is 13.2 Å². The molecule has 1 aromatic heterocycles. The monoisotopic (exact) mass is 462 g/mol. The average molecular weight is 464 g/mol. The predicted octanol–water partition coefficient (Wildman–Crippen LogP) is 2.19. The number of phenolic OH excluding ortho intramolecular Hbond substituents is 1. The zero-order valence-electron chi connectivity index (χ0n) is 14.2. The molecule has 10 nitrogen and oxygen atoms in total. The van der Waals surface area contributed by atoms with E-state index < -0.39 is 6.04 Å². The summed E-state index contributed by atoms with van der Waals surface area (Å²) in [6.07, 6.45) is 1.76. The van der Waals surface area contributed by atoms with Crippen LogP contribution in [-0.2, 0) is 0 Å². The molecule has 0 bridgehead atoms. The Balaban J connectivity index is 2.35. The first-order valence-electron chi connectivity index (χ1n) is 7.57. The second-order valence-corrected chi connectivity index (χ2v) is 6.72. The Labute approximate surface area is 172 Å². The molecular formula is C16H12BrClN8O2. The van der Waals surface area contributed by atoms with Crippen LogP contribution in [0.15, 0.2) is 15.5 Å². The van der Waals surface area contributed by atoms with Crippen LogP contribution in [0.1, 0.15) is 22.7 Å². The number of nitrogens with two attached hydrogens (primary N) is 2. The number of nitrogens with zero attached hydrogens (tertiary/aromatic N) is 4. The number of fused-ring (bicyclic) bond motifs is 1. The number of rotatable bonds is 2. The summed E-state index contributed by atoms with van der Waals surface area (Å²) >= 11 is 9.55. The van der Waals surface area contributed by atoms with Gasteiger partial charge in [-0.15, -0.1) is 0 Å². The van der Waals surface area contributed by atoms with Gasteiger partial charge in [0.25, 0.3) is 0 Å². The molecule has 1 atom stereocenters. The summed E-state index contributed by atoms with van der Waals surface area (Å²) in [4.78, 5) is 8.60. The van der Waals surface area contributed by atoms with E-state index in [1.54, 1.807) is 6.19 Å². The Kier molecular flexibility index (Phi) is 5.05. The van der Waals surface area contributed by atoms with Crippen molar-refractivity contribution < 1.29 is 9.84 Å². The summed E-state index contributed by atoms with van der Waals surface area (Å²) in [7, 11) is 1.37. The van der Waals surface area contributed by atoms with Gasteiger partial charge in [0.05, 0.1) is 12.8 Å². The number of anilines is 3. The molecule has 7 N–H and O–H groups in total. The van der Waals surface area contributed by atoms with Gasteiger partial charge in [-0.3, -0.25) is 5.32 Å². The van der Waals surface area contributed by atoms with Crippen molar-refractivity contribution in [3.8, 4) is 23.8 Å². The van der Waals surface area contributed by atoms with E-state index in [2.05, 4.69) is 36.5 Å². The third-order valence-electron chi connectivity index (χ3n) is 4.05. The average Bonchev–Trinajstić information content (AvgIpc) is 2.66. The molecule has 0 saturated carbocycles. The van der Waals surface area contributed by atoms with Crippen LogP contribution in [0.5, 0.6) is 11.5 Å².